The number of methoxy groups -OCH3 is 1. The predicted octanol–water partition coefficient (Wildman–Crippen LogP) is 2.31. The molecule has 0 unspecified atom stereocenters. The third-order valence-electron chi connectivity index (χ3n) is 3.58. The maximum absolute atomic E-state index is 12.2. The standard InChI is InChI=1S/C18H20F3N3O6S/c1-28-11-12-29-17-15(3-2-9-22-17)24-16(25)8-10-23-31(26,27)14-6-4-13(5-7-14)30-18(19,20)21/h2-7,9,23H,8,10-12H2,1H3,(H,24,25). The normalized spacial score (nSPS) is 11.7. The monoisotopic (exact) mass is 463 g/mol. The molecule has 0 aliphatic carbocycles. The van der Waals surface area contributed by atoms with Gasteiger partial charge in [0.25, 0.3) is 0 Å². The fourth-order valence-corrected chi connectivity index (χ4v) is 3.27. The molecule has 0 radical (unpaired) electrons. The number of nitrogens with zero attached hydrogens (tertiary/aromatic N) is 1. The van der Waals surface area contributed by atoms with Crippen LogP contribution in [0.3, 0.4) is 0 Å². The average molecular weight is 463 g/mol. The Bertz CT molecular complexity index is 968. The number of anilines is 1. The quantitative estimate of drug-likeness (QED) is 0.492. The van der Waals surface area contributed by atoms with Crippen LogP contribution in [0.2, 0.25) is 0 Å². The van der Waals surface area contributed by atoms with Gasteiger partial charge in [0, 0.05) is 26.3 Å². The highest BCUT2D eigenvalue weighted by molar-refractivity contribution is 7.89. The number of carbonyl (C=O) groups excluding carboxylic acids is 1. The highest BCUT2D eigenvalue weighted by Gasteiger charge is 2.31. The lowest BCUT2D eigenvalue weighted by molar-refractivity contribution is -0.274. The molecule has 0 saturated carbocycles. The summed E-state index contributed by atoms with van der Waals surface area (Å²) in [6.07, 6.45) is -3.60. The zero-order valence-corrected chi connectivity index (χ0v) is 17.1. The number of pyridine rings is 1. The fourth-order valence-electron chi connectivity index (χ4n) is 2.24. The van der Waals surface area contributed by atoms with E-state index in [0.717, 1.165) is 24.3 Å². The minimum atomic E-state index is -4.88. The number of nitrogens with one attached hydrogen (secondary N) is 2. The molecular weight excluding hydrogens is 443 g/mol. The van der Waals surface area contributed by atoms with E-state index in [1.54, 1.807) is 12.1 Å². The van der Waals surface area contributed by atoms with Crippen LogP contribution < -0.4 is 19.5 Å². The SMILES string of the molecule is COCCOc1ncccc1NC(=O)CCNS(=O)(=O)c1ccc(OC(F)(F)F)cc1. The minimum Gasteiger partial charge on any atom is -0.474 e. The molecule has 1 aromatic carbocycles. The molecule has 1 amide bonds. The smallest absolute Gasteiger partial charge is 0.474 e. The van der Waals surface area contributed by atoms with Crippen molar-refractivity contribution in [1.82, 2.24) is 9.71 Å². The van der Waals surface area contributed by atoms with Gasteiger partial charge in [-0.3, -0.25) is 4.79 Å². The molecule has 0 atom stereocenters. The number of ether oxygens (including phenoxy) is 3. The number of amides is 1. The van der Waals surface area contributed by atoms with E-state index >= 15 is 0 Å². The molecule has 1 aromatic heterocycles. The van der Waals surface area contributed by atoms with Gasteiger partial charge in [0.2, 0.25) is 21.8 Å². The Hall–Kier alpha value is -2.90. The van der Waals surface area contributed by atoms with Crippen molar-refractivity contribution in [3.8, 4) is 11.6 Å². The van der Waals surface area contributed by atoms with E-state index in [4.69, 9.17) is 9.47 Å². The summed E-state index contributed by atoms with van der Waals surface area (Å²) in [5.74, 6) is -0.860. The largest absolute Gasteiger partial charge is 0.573 e. The molecule has 31 heavy (non-hydrogen) atoms. The van der Waals surface area contributed by atoms with E-state index in [1.807, 2.05) is 0 Å². The van der Waals surface area contributed by atoms with Gasteiger partial charge in [0.15, 0.2) is 0 Å². The Morgan fingerprint density at radius 2 is 1.84 bits per heavy atom. The first-order valence-corrected chi connectivity index (χ1v) is 10.3. The molecule has 0 saturated heterocycles. The summed E-state index contributed by atoms with van der Waals surface area (Å²) in [5, 5.41) is 2.57. The van der Waals surface area contributed by atoms with Crippen molar-refractivity contribution in [1.29, 1.82) is 0 Å². The van der Waals surface area contributed by atoms with Crippen molar-refractivity contribution in [3.63, 3.8) is 0 Å². The van der Waals surface area contributed by atoms with Crippen LogP contribution in [-0.4, -0.2) is 52.5 Å². The van der Waals surface area contributed by atoms with Crippen LogP contribution in [0.5, 0.6) is 11.6 Å². The molecule has 0 fully saturated rings. The van der Waals surface area contributed by atoms with E-state index in [9.17, 15) is 26.4 Å². The Morgan fingerprint density at radius 1 is 1.13 bits per heavy atom. The van der Waals surface area contributed by atoms with Crippen LogP contribution in [0.25, 0.3) is 0 Å². The summed E-state index contributed by atoms with van der Waals surface area (Å²) in [4.78, 5) is 15.9. The highest BCUT2D eigenvalue weighted by Crippen LogP contribution is 2.24. The Morgan fingerprint density at radius 3 is 2.48 bits per heavy atom. The van der Waals surface area contributed by atoms with Crippen LogP contribution in [0, 0.1) is 0 Å². The van der Waals surface area contributed by atoms with E-state index in [1.165, 1.54) is 13.3 Å². The molecule has 9 nitrogen and oxygen atoms in total. The van der Waals surface area contributed by atoms with Gasteiger partial charge >= 0.3 is 6.36 Å². The topological polar surface area (TPSA) is 116 Å². The van der Waals surface area contributed by atoms with Gasteiger partial charge in [-0.25, -0.2) is 18.1 Å². The zero-order chi connectivity index (χ0) is 22.9. The Labute approximate surface area is 176 Å². The number of benzene rings is 1. The molecule has 1 heterocycles. The fraction of sp³-hybridized carbons (Fsp3) is 0.333. The minimum absolute atomic E-state index is 0.189. The summed E-state index contributed by atoms with van der Waals surface area (Å²) in [6, 6.07) is 6.84. The number of hydrogen-bond donors (Lipinski definition) is 2. The lowest BCUT2D eigenvalue weighted by Gasteiger charge is -2.12. The van der Waals surface area contributed by atoms with Crippen LogP contribution in [0.4, 0.5) is 18.9 Å². The average Bonchev–Trinajstić information content (AvgIpc) is 2.68. The molecule has 2 N–H and O–H groups in total. The summed E-state index contributed by atoms with van der Waals surface area (Å²) in [7, 11) is -2.52. The van der Waals surface area contributed by atoms with Crippen molar-refractivity contribution >= 4 is 21.6 Å². The molecule has 0 bridgehead atoms. The second-order valence-electron chi connectivity index (χ2n) is 5.91. The molecule has 2 aromatic rings. The molecule has 13 heteroatoms. The summed E-state index contributed by atoms with van der Waals surface area (Å²) in [5.41, 5.74) is 0.312. The summed E-state index contributed by atoms with van der Waals surface area (Å²) < 4.78 is 77.1. The first-order valence-electron chi connectivity index (χ1n) is 8.83. The number of alkyl halides is 3. The second-order valence-corrected chi connectivity index (χ2v) is 7.68. The van der Waals surface area contributed by atoms with E-state index in [0.29, 0.717) is 12.3 Å². The summed E-state index contributed by atoms with van der Waals surface area (Å²) >= 11 is 0. The number of hydrogen-bond acceptors (Lipinski definition) is 7. The van der Waals surface area contributed by atoms with Gasteiger partial charge in [0.1, 0.15) is 18.0 Å². The van der Waals surface area contributed by atoms with Gasteiger partial charge in [-0.15, -0.1) is 13.2 Å². The van der Waals surface area contributed by atoms with Crippen LogP contribution in [0.15, 0.2) is 47.5 Å². The molecular formula is C18H20F3N3O6S. The zero-order valence-electron chi connectivity index (χ0n) is 16.3. The first kappa shape index (κ1) is 24.4. The predicted molar refractivity (Wildman–Crippen MR) is 103 cm³/mol. The van der Waals surface area contributed by atoms with Crippen molar-refractivity contribution in [3.05, 3.63) is 42.6 Å². The van der Waals surface area contributed by atoms with E-state index in [2.05, 4.69) is 19.8 Å². The molecule has 0 spiro atoms. The lowest BCUT2D eigenvalue weighted by atomic mass is 10.3. The second kappa shape index (κ2) is 10.9. The van der Waals surface area contributed by atoms with Crippen LogP contribution in [0.1, 0.15) is 6.42 Å². The number of rotatable bonds is 11. The Balaban J connectivity index is 1.88. The van der Waals surface area contributed by atoms with Crippen molar-refractivity contribution in [2.75, 3.05) is 32.2 Å². The van der Waals surface area contributed by atoms with Gasteiger partial charge in [0.05, 0.1) is 11.5 Å². The highest BCUT2D eigenvalue weighted by atomic mass is 32.2. The molecule has 0 aliphatic rings. The van der Waals surface area contributed by atoms with Crippen molar-refractivity contribution in [2.24, 2.45) is 0 Å². The lowest BCUT2D eigenvalue weighted by Crippen LogP contribution is -2.28. The summed E-state index contributed by atoms with van der Waals surface area (Å²) in [6.45, 7) is 0.313. The van der Waals surface area contributed by atoms with Crippen molar-refractivity contribution in [2.45, 2.75) is 17.7 Å². The molecule has 170 valence electrons. The number of halogens is 3. The Kier molecular flexibility index (Phi) is 8.59. The first-order chi connectivity index (χ1) is 14.6. The van der Waals surface area contributed by atoms with Crippen LogP contribution in [-0.2, 0) is 19.6 Å². The molecule has 0 aliphatic heterocycles. The van der Waals surface area contributed by atoms with Gasteiger partial charge in [-0.1, -0.05) is 0 Å². The van der Waals surface area contributed by atoms with Gasteiger partial charge in [-0.2, -0.15) is 0 Å². The maximum atomic E-state index is 12.2. The van der Waals surface area contributed by atoms with Crippen LogP contribution >= 0.6 is 0 Å². The van der Waals surface area contributed by atoms with E-state index < -0.39 is 28.0 Å². The third-order valence-corrected chi connectivity index (χ3v) is 5.06. The number of sulfonamides is 1. The number of aromatic nitrogens is 1. The van der Waals surface area contributed by atoms with E-state index in [-0.39, 0.29) is 30.3 Å². The number of carbonyl (C=O) groups is 1. The van der Waals surface area contributed by atoms with Crippen molar-refractivity contribution < 1.29 is 40.6 Å². The third kappa shape index (κ3) is 8.39. The maximum Gasteiger partial charge on any atom is 0.573 e. The molecule has 2 rings (SSSR count). The van der Waals surface area contributed by atoms with Gasteiger partial charge < -0.3 is 19.5 Å². The van der Waals surface area contributed by atoms with Gasteiger partial charge in [-0.05, 0) is 36.4 Å².